The van der Waals surface area contributed by atoms with Crippen molar-refractivity contribution in [2.45, 2.75) is 95.1 Å². The highest BCUT2D eigenvalue weighted by atomic mass is 32.2. The number of amides is 1. The van der Waals surface area contributed by atoms with E-state index in [1.165, 1.54) is 0 Å². The first-order valence-corrected chi connectivity index (χ1v) is 17.7. The molecule has 10 heteroatoms. The monoisotopic (exact) mass is 623 g/mol. The van der Waals surface area contributed by atoms with E-state index in [1.54, 1.807) is 19.2 Å². The Balaban J connectivity index is 1.34. The van der Waals surface area contributed by atoms with Gasteiger partial charge < -0.3 is 19.2 Å². The molecule has 2 fully saturated rings. The molecule has 2 bridgehead atoms. The molecule has 3 heterocycles. The average molecular weight is 624 g/mol. The smallest absolute Gasteiger partial charge is 0.264 e. The minimum absolute atomic E-state index is 0.0242. The number of methoxy groups -OCH3 is 1. The Morgan fingerprint density at radius 1 is 1.05 bits per heavy atom. The molecule has 3 aliphatic rings. The van der Waals surface area contributed by atoms with Crippen molar-refractivity contribution in [2.75, 3.05) is 26.9 Å². The predicted molar refractivity (Wildman–Crippen MR) is 171 cm³/mol. The number of carbonyl (C=O) groups is 1. The predicted octanol–water partition coefficient (Wildman–Crippen LogP) is 6.16. The van der Waals surface area contributed by atoms with E-state index in [4.69, 9.17) is 14.2 Å². The number of ether oxygens (including phenoxy) is 3. The third-order valence-electron chi connectivity index (χ3n) is 9.62. The molecule has 2 aromatic carbocycles. The van der Waals surface area contributed by atoms with Gasteiger partial charge in [-0.05, 0) is 81.7 Å². The summed E-state index contributed by atoms with van der Waals surface area (Å²) in [5.74, 6) is 0.894. The first-order valence-electron chi connectivity index (χ1n) is 16.2. The minimum atomic E-state index is -3.72. The zero-order valence-corrected chi connectivity index (χ0v) is 26.7. The summed E-state index contributed by atoms with van der Waals surface area (Å²) >= 11 is 0. The highest BCUT2D eigenvalue weighted by Crippen LogP contribution is 2.41. The van der Waals surface area contributed by atoms with E-state index in [0.29, 0.717) is 37.3 Å². The number of nitrogens with zero attached hydrogens (tertiary/aromatic N) is 1. The van der Waals surface area contributed by atoms with E-state index < -0.39 is 21.2 Å². The molecule has 238 valence electrons. The van der Waals surface area contributed by atoms with Crippen LogP contribution in [0.4, 0.5) is 0 Å². The number of fused-ring (bicyclic) bond motifs is 5. The number of benzene rings is 2. The fourth-order valence-electron chi connectivity index (χ4n) is 7.17. The van der Waals surface area contributed by atoms with Crippen LogP contribution in [0, 0.1) is 6.92 Å². The fraction of sp³-hybridized carbons (Fsp3) is 0.559. The summed E-state index contributed by atoms with van der Waals surface area (Å²) in [7, 11) is -2.00. The largest absolute Gasteiger partial charge is 0.496 e. The van der Waals surface area contributed by atoms with Gasteiger partial charge in [-0.15, -0.1) is 0 Å². The van der Waals surface area contributed by atoms with Crippen molar-refractivity contribution in [3.05, 3.63) is 58.8 Å². The second kappa shape index (κ2) is 13.5. The summed E-state index contributed by atoms with van der Waals surface area (Å²) in [6, 6.07) is 9.60. The van der Waals surface area contributed by atoms with E-state index >= 15 is 0 Å². The lowest BCUT2D eigenvalue weighted by atomic mass is 9.90. The molecule has 0 radical (unpaired) electrons. The molecule has 2 atom stereocenters. The van der Waals surface area contributed by atoms with Crippen LogP contribution in [0.2, 0.25) is 0 Å². The normalized spacial score (nSPS) is 22.3. The Labute approximate surface area is 260 Å². The standard InChI is InChI=1S/C34H45N3O6S/c1-23-19-31(41-2)29(27-13-15-35-33(23)27)22-37-16-14-25-21-30(37)28-12-11-24(20-32(28)43-18-8-4-3-7-17-42-25)34(38)36-44(39,40)26-9-5-6-10-26/h11-13,15,19-20,25-26,30,35H,3-10,14,16-18,21-22H2,1-2H3,(H,36,38)/t25-,30-/m0/s1. The number of sulfonamides is 1. The third kappa shape index (κ3) is 6.62. The fourth-order valence-corrected chi connectivity index (χ4v) is 8.66. The Kier molecular flexibility index (Phi) is 9.49. The van der Waals surface area contributed by atoms with E-state index in [2.05, 4.69) is 33.7 Å². The van der Waals surface area contributed by atoms with Crippen molar-refractivity contribution in [1.29, 1.82) is 0 Å². The summed E-state index contributed by atoms with van der Waals surface area (Å²) in [4.78, 5) is 19.1. The van der Waals surface area contributed by atoms with Crippen LogP contribution in [-0.2, 0) is 21.3 Å². The lowest BCUT2D eigenvalue weighted by Gasteiger charge is -2.40. The number of aryl methyl sites for hydroxylation is 1. The minimum Gasteiger partial charge on any atom is -0.496 e. The second-order valence-electron chi connectivity index (χ2n) is 12.5. The van der Waals surface area contributed by atoms with Gasteiger partial charge in [0.15, 0.2) is 0 Å². The zero-order valence-electron chi connectivity index (χ0n) is 25.9. The van der Waals surface area contributed by atoms with Crippen molar-refractivity contribution in [2.24, 2.45) is 0 Å². The Bertz CT molecular complexity index is 1580. The summed E-state index contributed by atoms with van der Waals surface area (Å²) in [6.45, 7) is 4.89. The average Bonchev–Trinajstić information content (AvgIpc) is 3.74. The molecule has 6 rings (SSSR count). The Morgan fingerprint density at radius 3 is 2.64 bits per heavy atom. The molecule has 0 unspecified atom stereocenters. The van der Waals surface area contributed by atoms with Crippen molar-refractivity contribution >= 4 is 26.8 Å². The van der Waals surface area contributed by atoms with Crippen LogP contribution >= 0.6 is 0 Å². The summed E-state index contributed by atoms with van der Waals surface area (Å²) in [5.41, 5.74) is 4.66. The number of hydrogen-bond acceptors (Lipinski definition) is 7. The van der Waals surface area contributed by atoms with Crippen molar-refractivity contribution in [3.63, 3.8) is 0 Å². The van der Waals surface area contributed by atoms with Gasteiger partial charge in [-0.3, -0.25) is 9.69 Å². The van der Waals surface area contributed by atoms with Crippen LogP contribution in [0.15, 0.2) is 36.5 Å². The molecule has 1 aliphatic carbocycles. The topological polar surface area (TPSA) is 110 Å². The van der Waals surface area contributed by atoms with Crippen LogP contribution in [0.5, 0.6) is 11.5 Å². The molecular weight excluding hydrogens is 578 g/mol. The van der Waals surface area contributed by atoms with Gasteiger partial charge in [-0.2, -0.15) is 0 Å². The molecular formula is C34H45N3O6S. The maximum atomic E-state index is 13.2. The van der Waals surface area contributed by atoms with Gasteiger partial charge in [0.1, 0.15) is 11.5 Å². The Hall–Kier alpha value is -3.08. The van der Waals surface area contributed by atoms with Gasteiger partial charge in [0.2, 0.25) is 10.0 Å². The van der Waals surface area contributed by atoms with Gasteiger partial charge in [0, 0.05) is 59.5 Å². The van der Waals surface area contributed by atoms with Crippen LogP contribution in [-0.4, -0.2) is 62.4 Å². The first kappa shape index (κ1) is 30.9. The molecule has 9 nitrogen and oxygen atoms in total. The second-order valence-corrected chi connectivity index (χ2v) is 14.5. The Morgan fingerprint density at radius 2 is 1.84 bits per heavy atom. The molecule has 1 saturated heterocycles. The van der Waals surface area contributed by atoms with Gasteiger partial charge in [0.25, 0.3) is 5.91 Å². The number of aromatic amines is 1. The van der Waals surface area contributed by atoms with Crippen molar-refractivity contribution < 1.29 is 27.4 Å². The van der Waals surface area contributed by atoms with Crippen LogP contribution < -0.4 is 14.2 Å². The number of H-pyrrole nitrogens is 1. The number of hydrogen-bond donors (Lipinski definition) is 2. The quantitative estimate of drug-likeness (QED) is 0.338. The number of piperidine rings is 1. The SMILES string of the molecule is COc1cc(C)c2[nH]ccc2c1CN1CC[C@H]2C[C@H]1c1ccc(C(=O)NS(=O)(=O)C3CCCC3)cc1OCCCCCCO2. The summed E-state index contributed by atoms with van der Waals surface area (Å²) in [6.07, 6.45) is 10.8. The molecule has 44 heavy (non-hydrogen) atoms. The van der Waals surface area contributed by atoms with Crippen LogP contribution in [0.25, 0.3) is 10.9 Å². The first-order chi connectivity index (χ1) is 21.3. The van der Waals surface area contributed by atoms with E-state index in [9.17, 15) is 13.2 Å². The lowest BCUT2D eigenvalue weighted by molar-refractivity contribution is -0.0203. The highest BCUT2D eigenvalue weighted by molar-refractivity contribution is 7.90. The van der Waals surface area contributed by atoms with E-state index in [1.807, 2.05) is 12.3 Å². The third-order valence-corrected chi connectivity index (χ3v) is 11.4. The highest BCUT2D eigenvalue weighted by Gasteiger charge is 2.34. The van der Waals surface area contributed by atoms with Gasteiger partial charge >= 0.3 is 0 Å². The number of nitrogens with one attached hydrogen (secondary N) is 2. The molecule has 3 aromatic rings. The van der Waals surface area contributed by atoms with Crippen LogP contribution in [0.3, 0.4) is 0 Å². The molecule has 2 N–H and O–H groups in total. The van der Waals surface area contributed by atoms with E-state index in [-0.39, 0.29) is 12.1 Å². The maximum Gasteiger partial charge on any atom is 0.264 e. The van der Waals surface area contributed by atoms with Crippen molar-refractivity contribution in [1.82, 2.24) is 14.6 Å². The molecule has 1 aromatic heterocycles. The van der Waals surface area contributed by atoms with Crippen molar-refractivity contribution in [3.8, 4) is 11.5 Å². The van der Waals surface area contributed by atoms with Gasteiger partial charge in [-0.25, -0.2) is 13.1 Å². The van der Waals surface area contributed by atoms with Crippen LogP contribution in [0.1, 0.15) is 97.3 Å². The summed E-state index contributed by atoms with van der Waals surface area (Å²) in [5, 5.41) is 0.644. The lowest BCUT2D eigenvalue weighted by Crippen LogP contribution is -2.40. The molecule has 1 amide bonds. The number of rotatable bonds is 6. The van der Waals surface area contributed by atoms with Gasteiger partial charge in [0.05, 0.1) is 25.1 Å². The summed E-state index contributed by atoms with van der Waals surface area (Å²) < 4.78 is 46.8. The maximum absolute atomic E-state index is 13.2. The zero-order chi connectivity index (χ0) is 30.7. The molecule has 0 spiro atoms. The molecule has 2 aliphatic heterocycles. The molecule has 1 saturated carbocycles. The number of aromatic nitrogens is 1. The van der Waals surface area contributed by atoms with Gasteiger partial charge in [-0.1, -0.05) is 25.3 Å². The number of carbonyl (C=O) groups excluding carboxylic acids is 1. The van der Waals surface area contributed by atoms with E-state index in [0.717, 1.165) is 97.9 Å². The number of likely N-dealkylation sites (tertiary alicyclic amines) is 1.